The molecular formula is C6H13NO11S2. The molecule has 1 aliphatic heterocycles. The molecule has 0 saturated carbocycles. The zero-order valence-electron chi connectivity index (χ0n) is 9.58. The maximum atomic E-state index is 11.0. The molecular weight excluding hydrogens is 326 g/mol. The van der Waals surface area contributed by atoms with Gasteiger partial charge in [0.2, 0.25) is 0 Å². The van der Waals surface area contributed by atoms with Crippen molar-refractivity contribution >= 4 is 20.6 Å². The first-order chi connectivity index (χ1) is 8.91. The molecule has 14 heteroatoms. The summed E-state index contributed by atoms with van der Waals surface area (Å²) in [6.07, 6.45) is -8.14. The maximum absolute atomic E-state index is 11.0. The zero-order valence-corrected chi connectivity index (χ0v) is 11.2. The molecule has 1 fully saturated rings. The largest absolute Gasteiger partial charge is 0.394 e. The fourth-order valence-corrected chi connectivity index (χ4v) is 3.76. The smallest absolute Gasteiger partial charge is 0.351 e. The van der Waals surface area contributed by atoms with Crippen LogP contribution >= 0.6 is 0 Å². The minimum atomic E-state index is -5.61. The van der Waals surface area contributed by atoms with E-state index in [1.807, 2.05) is 0 Å². The van der Waals surface area contributed by atoms with Crippen LogP contribution in [-0.2, 0) is 25.3 Å². The molecule has 1 aliphatic rings. The van der Waals surface area contributed by atoms with Gasteiger partial charge >= 0.3 is 20.6 Å². The molecule has 20 heavy (non-hydrogen) atoms. The Labute approximate surface area is 113 Å². The van der Waals surface area contributed by atoms with Crippen molar-refractivity contribution in [1.82, 2.24) is 3.71 Å². The van der Waals surface area contributed by atoms with Gasteiger partial charge < -0.3 is 25.2 Å². The summed E-state index contributed by atoms with van der Waals surface area (Å²) in [4.78, 5) is 0. The van der Waals surface area contributed by atoms with Crippen LogP contribution in [0.25, 0.3) is 0 Å². The molecule has 0 aromatic heterocycles. The number of hydrogen-bond acceptors (Lipinski definition) is 9. The zero-order chi connectivity index (χ0) is 15.9. The summed E-state index contributed by atoms with van der Waals surface area (Å²) in [5, 5.41) is 37.3. The highest BCUT2D eigenvalue weighted by Crippen LogP contribution is 2.27. The van der Waals surface area contributed by atoms with Crippen molar-refractivity contribution in [2.75, 3.05) is 6.61 Å². The van der Waals surface area contributed by atoms with E-state index in [-0.39, 0.29) is 0 Å². The molecule has 120 valence electrons. The number of rotatable bonds is 4. The summed E-state index contributed by atoms with van der Waals surface area (Å²) in [7, 11) is -11.2. The summed E-state index contributed by atoms with van der Waals surface area (Å²) in [6, 6.07) is -2.45. The van der Waals surface area contributed by atoms with Crippen LogP contribution in [0.15, 0.2) is 0 Å². The fourth-order valence-electron chi connectivity index (χ4n) is 1.74. The first kappa shape index (κ1) is 17.6. The summed E-state index contributed by atoms with van der Waals surface area (Å²) < 4.78 is 64.9. The Bertz CT molecular complexity index is 511. The van der Waals surface area contributed by atoms with E-state index in [0.29, 0.717) is 0 Å². The molecule has 0 spiro atoms. The van der Waals surface area contributed by atoms with Crippen LogP contribution in [0.4, 0.5) is 0 Å². The Morgan fingerprint density at radius 3 is 1.75 bits per heavy atom. The second kappa shape index (κ2) is 5.76. The predicted molar refractivity (Wildman–Crippen MR) is 58.7 cm³/mol. The van der Waals surface area contributed by atoms with E-state index in [9.17, 15) is 32.2 Å². The van der Waals surface area contributed by atoms with Gasteiger partial charge in [0.25, 0.3) is 0 Å². The van der Waals surface area contributed by atoms with Crippen molar-refractivity contribution in [3.05, 3.63) is 0 Å². The lowest BCUT2D eigenvalue weighted by Crippen LogP contribution is -2.65. The lowest BCUT2D eigenvalue weighted by Gasteiger charge is -2.42. The second-order valence-electron chi connectivity index (χ2n) is 3.90. The Morgan fingerprint density at radius 1 is 0.950 bits per heavy atom. The van der Waals surface area contributed by atoms with Crippen molar-refractivity contribution in [1.29, 1.82) is 0 Å². The summed E-state index contributed by atoms with van der Waals surface area (Å²) in [6.45, 7) is -0.875. The van der Waals surface area contributed by atoms with Gasteiger partial charge in [-0.15, -0.1) is 0 Å². The van der Waals surface area contributed by atoms with Crippen molar-refractivity contribution in [2.24, 2.45) is 0 Å². The van der Waals surface area contributed by atoms with E-state index in [2.05, 4.69) is 4.74 Å². The number of aliphatic hydroxyl groups is 4. The lowest BCUT2D eigenvalue weighted by molar-refractivity contribution is -0.259. The third kappa shape index (κ3) is 3.42. The van der Waals surface area contributed by atoms with Crippen LogP contribution in [0.3, 0.4) is 0 Å². The number of hydrogen-bond donors (Lipinski definition) is 6. The molecule has 0 unspecified atom stereocenters. The van der Waals surface area contributed by atoms with Gasteiger partial charge in [0.1, 0.15) is 24.4 Å². The minimum Gasteiger partial charge on any atom is -0.394 e. The average Bonchev–Trinajstić information content (AvgIpc) is 2.25. The predicted octanol–water partition coefficient (Wildman–Crippen LogP) is -4.31. The van der Waals surface area contributed by atoms with Crippen LogP contribution in [0.1, 0.15) is 0 Å². The minimum absolute atomic E-state index is 0.875. The average molecular weight is 339 g/mol. The normalized spacial score (nSPS) is 36.2. The van der Waals surface area contributed by atoms with E-state index in [4.69, 9.17) is 14.2 Å². The van der Waals surface area contributed by atoms with Gasteiger partial charge in [0, 0.05) is 0 Å². The van der Waals surface area contributed by atoms with Crippen LogP contribution in [-0.4, -0.2) is 87.3 Å². The quantitative estimate of drug-likeness (QED) is 0.270. The van der Waals surface area contributed by atoms with Gasteiger partial charge in [0.05, 0.1) is 6.61 Å². The van der Waals surface area contributed by atoms with Crippen LogP contribution in [0.2, 0.25) is 0 Å². The monoisotopic (exact) mass is 339 g/mol. The molecule has 0 aromatic rings. The number of ether oxygens (including phenoxy) is 1. The standard InChI is InChI=1S/C6H13NO11S2/c8-1-2-4(9)5(10)3(6(11)18-2)7(19(12,13)14)20(15,16)17/h2-6,8-11H,1H2,(H,12,13,14)(H,15,16,17)/t2-,3-,4-,5-,6-/m1/s1. The molecule has 12 nitrogen and oxygen atoms in total. The van der Waals surface area contributed by atoms with E-state index < -0.39 is 61.6 Å². The molecule has 1 saturated heterocycles. The first-order valence-electron chi connectivity index (χ1n) is 4.96. The Kier molecular flexibility index (Phi) is 5.08. The molecule has 1 rings (SSSR count). The van der Waals surface area contributed by atoms with E-state index in [1.165, 1.54) is 0 Å². The molecule has 1 heterocycles. The van der Waals surface area contributed by atoms with Crippen molar-refractivity contribution in [3.8, 4) is 0 Å². The Morgan fingerprint density at radius 2 is 1.40 bits per heavy atom. The van der Waals surface area contributed by atoms with Gasteiger partial charge in [-0.05, 0) is 3.71 Å². The SMILES string of the molecule is O=S(=O)(O)N([C@@H]1[C@@H](O)[C@H](O)[C@@H](CO)O[C@H]1O)S(=O)(=O)O. The Hall–Kier alpha value is -0.420. The number of nitrogens with zero attached hydrogens (tertiary/aromatic N) is 1. The fraction of sp³-hybridized carbons (Fsp3) is 1.00. The molecule has 0 aromatic carbocycles. The van der Waals surface area contributed by atoms with E-state index >= 15 is 0 Å². The van der Waals surface area contributed by atoms with Crippen molar-refractivity contribution in [3.63, 3.8) is 0 Å². The first-order valence-corrected chi connectivity index (χ1v) is 7.75. The highest BCUT2D eigenvalue weighted by molar-refractivity contribution is 7.98. The maximum Gasteiger partial charge on any atom is 0.351 e. The third-order valence-corrected chi connectivity index (χ3v) is 5.09. The molecule has 0 bridgehead atoms. The summed E-state index contributed by atoms with van der Waals surface area (Å²) >= 11 is 0. The van der Waals surface area contributed by atoms with Crippen LogP contribution < -0.4 is 0 Å². The van der Waals surface area contributed by atoms with Crippen molar-refractivity contribution in [2.45, 2.75) is 30.6 Å². The Balaban J connectivity index is 3.28. The summed E-state index contributed by atoms with van der Waals surface area (Å²) in [5.74, 6) is 0. The molecule has 0 aliphatic carbocycles. The van der Waals surface area contributed by atoms with E-state index in [1.54, 1.807) is 0 Å². The third-order valence-electron chi connectivity index (χ3n) is 2.57. The van der Waals surface area contributed by atoms with Gasteiger partial charge in [-0.3, -0.25) is 9.11 Å². The highest BCUT2D eigenvalue weighted by atomic mass is 32.3. The van der Waals surface area contributed by atoms with Crippen molar-refractivity contribution < 1.29 is 51.1 Å². The molecule has 0 amide bonds. The molecule has 5 atom stereocenters. The van der Waals surface area contributed by atoms with Crippen LogP contribution in [0, 0.1) is 0 Å². The highest BCUT2D eigenvalue weighted by Gasteiger charge is 2.53. The number of aliphatic hydroxyl groups excluding tert-OH is 4. The lowest BCUT2D eigenvalue weighted by atomic mass is 9.98. The van der Waals surface area contributed by atoms with Gasteiger partial charge in [-0.25, -0.2) is 0 Å². The van der Waals surface area contributed by atoms with E-state index in [0.717, 1.165) is 0 Å². The molecule has 0 radical (unpaired) electrons. The molecule has 6 N–H and O–H groups in total. The summed E-state index contributed by atoms with van der Waals surface area (Å²) in [5.41, 5.74) is 0. The van der Waals surface area contributed by atoms with Gasteiger partial charge in [-0.1, -0.05) is 0 Å². The topological polar surface area (TPSA) is 202 Å². The second-order valence-corrected chi connectivity index (χ2v) is 6.71. The van der Waals surface area contributed by atoms with Gasteiger partial charge in [-0.2, -0.15) is 16.8 Å². The van der Waals surface area contributed by atoms with Gasteiger partial charge in [0.15, 0.2) is 6.29 Å². The van der Waals surface area contributed by atoms with Crippen LogP contribution in [0.5, 0.6) is 0 Å².